The summed E-state index contributed by atoms with van der Waals surface area (Å²) in [6.07, 6.45) is 0. The number of benzene rings is 3. The summed E-state index contributed by atoms with van der Waals surface area (Å²) in [6.45, 7) is 3.73. The molecule has 4 aromatic rings. The van der Waals surface area contributed by atoms with E-state index >= 15 is 0 Å². The highest BCUT2D eigenvalue weighted by Gasteiger charge is 2.27. The third-order valence-electron chi connectivity index (χ3n) is 5.18. The maximum Gasteiger partial charge on any atom is 0.279 e. The van der Waals surface area contributed by atoms with Gasteiger partial charge in [-0.3, -0.25) is 0 Å². The van der Waals surface area contributed by atoms with Crippen LogP contribution in [0.25, 0.3) is 28.2 Å². The molecule has 0 amide bonds. The molecule has 1 heterocycles. The fraction of sp³-hybridized carbons (Fsp3) is 0.200. The van der Waals surface area contributed by atoms with Crippen molar-refractivity contribution < 1.29 is 8.68 Å². The highest BCUT2D eigenvalue weighted by molar-refractivity contribution is 5.68. The lowest BCUT2D eigenvalue weighted by molar-refractivity contribution is -0.592. The van der Waals surface area contributed by atoms with Gasteiger partial charge in [0, 0.05) is 16.1 Å². The first-order valence-electron chi connectivity index (χ1n) is 10.9. The van der Waals surface area contributed by atoms with E-state index < -0.39 is 6.85 Å². The number of nitrogens with zero attached hydrogens (tertiary/aromatic N) is 3. The van der Waals surface area contributed by atoms with Gasteiger partial charge < -0.3 is 0 Å². The van der Waals surface area contributed by atoms with Gasteiger partial charge in [0.1, 0.15) is 5.69 Å². The number of hydrogen-bond acceptors (Lipinski definition) is 1. The lowest BCUT2D eigenvalue weighted by Crippen LogP contribution is -2.37. The molecule has 28 heavy (non-hydrogen) atoms. The Labute approximate surface area is 171 Å². The van der Waals surface area contributed by atoms with E-state index in [1.807, 2.05) is 67.8 Å². The molecule has 3 nitrogen and oxygen atoms in total. The van der Waals surface area contributed by atoms with Crippen molar-refractivity contribution in [2.75, 3.05) is 0 Å². The third-order valence-corrected chi connectivity index (χ3v) is 5.18. The van der Waals surface area contributed by atoms with Crippen LogP contribution in [0.15, 0.2) is 66.7 Å². The van der Waals surface area contributed by atoms with Gasteiger partial charge in [-0.2, -0.15) is 4.57 Å². The average molecular weight is 372 g/mol. The van der Waals surface area contributed by atoms with E-state index in [-0.39, 0.29) is 5.82 Å². The second-order valence-electron chi connectivity index (χ2n) is 7.25. The summed E-state index contributed by atoms with van der Waals surface area (Å²) in [5.41, 5.74) is 7.11. The van der Waals surface area contributed by atoms with Gasteiger partial charge in [-0.1, -0.05) is 48.5 Å². The van der Waals surface area contributed by atoms with Crippen molar-refractivity contribution in [3.8, 4) is 28.2 Å². The lowest BCUT2D eigenvalue weighted by Gasteiger charge is -2.14. The number of aryl methyl sites for hydroxylation is 5. The first kappa shape index (κ1) is 14.8. The summed E-state index contributed by atoms with van der Waals surface area (Å²) in [6, 6.07) is 22.4. The monoisotopic (exact) mass is 371 g/mol. The minimum atomic E-state index is -2.35. The summed E-state index contributed by atoms with van der Waals surface area (Å²) in [5.74, 6) is 0.815. The Morgan fingerprint density at radius 2 is 1.46 bits per heavy atom. The van der Waals surface area contributed by atoms with Crippen LogP contribution < -0.4 is 4.57 Å². The minimum Gasteiger partial charge on any atom is -0.194 e. The van der Waals surface area contributed by atoms with Gasteiger partial charge in [-0.25, -0.2) is 0 Å². The topological polar surface area (TPSA) is 21.7 Å². The average Bonchev–Trinajstić information content (AvgIpc) is 3.05. The second kappa shape index (κ2) is 7.08. The molecule has 0 spiro atoms. The minimum absolute atomic E-state index is 0.0620. The van der Waals surface area contributed by atoms with Crippen LogP contribution in [0.3, 0.4) is 0 Å². The van der Waals surface area contributed by atoms with Gasteiger partial charge in [0.05, 0.1) is 12.6 Å². The van der Waals surface area contributed by atoms with Crippen LogP contribution in [-0.2, 0) is 7.05 Å². The SMILES string of the molecule is [2H]C([2H])([2H])c1nn(C)c(-c2ccccc2C)[n+]1-c1c(C)cc(-c2ccccc2)cc1C. The second-order valence-corrected chi connectivity index (χ2v) is 7.25. The van der Waals surface area contributed by atoms with E-state index in [1.54, 1.807) is 11.7 Å². The molecule has 0 saturated carbocycles. The molecule has 0 atom stereocenters. The highest BCUT2D eigenvalue weighted by atomic mass is 15.4. The predicted octanol–water partition coefficient (Wildman–Crippen LogP) is 5.26. The zero-order valence-corrected chi connectivity index (χ0v) is 16.7. The van der Waals surface area contributed by atoms with Gasteiger partial charge in [-0.15, -0.1) is 4.68 Å². The van der Waals surface area contributed by atoms with Crippen molar-refractivity contribution in [1.29, 1.82) is 0 Å². The molecular formula is C25H26N3+. The highest BCUT2D eigenvalue weighted by Crippen LogP contribution is 2.28. The van der Waals surface area contributed by atoms with E-state index in [2.05, 4.69) is 29.4 Å². The fourth-order valence-corrected chi connectivity index (χ4v) is 3.92. The number of aromatic nitrogens is 3. The maximum absolute atomic E-state index is 8.14. The summed E-state index contributed by atoms with van der Waals surface area (Å²) < 4.78 is 27.9. The summed E-state index contributed by atoms with van der Waals surface area (Å²) in [4.78, 5) is 0. The zero-order valence-electron chi connectivity index (χ0n) is 19.7. The van der Waals surface area contributed by atoms with E-state index in [1.165, 1.54) is 0 Å². The first-order chi connectivity index (χ1) is 14.7. The zero-order chi connectivity index (χ0) is 22.3. The van der Waals surface area contributed by atoms with Crippen LogP contribution in [-0.4, -0.2) is 9.78 Å². The Morgan fingerprint density at radius 1 is 0.821 bits per heavy atom. The molecule has 0 aliphatic carbocycles. The van der Waals surface area contributed by atoms with E-state index in [9.17, 15) is 0 Å². The molecular weight excluding hydrogens is 342 g/mol. The molecule has 0 aliphatic heterocycles. The molecule has 3 aromatic carbocycles. The van der Waals surface area contributed by atoms with Crippen LogP contribution >= 0.6 is 0 Å². The molecule has 0 bridgehead atoms. The molecule has 4 rings (SSSR count). The van der Waals surface area contributed by atoms with Crippen molar-refractivity contribution in [2.24, 2.45) is 7.05 Å². The Hall–Kier alpha value is -3.20. The molecule has 140 valence electrons. The van der Waals surface area contributed by atoms with Gasteiger partial charge >= 0.3 is 0 Å². The fourth-order valence-electron chi connectivity index (χ4n) is 3.92. The van der Waals surface area contributed by atoms with Crippen LogP contribution in [0.5, 0.6) is 0 Å². The summed E-state index contributed by atoms with van der Waals surface area (Å²) in [5, 5.41) is 4.46. The molecule has 0 fully saturated rings. The van der Waals surface area contributed by atoms with E-state index in [4.69, 9.17) is 4.11 Å². The van der Waals surface area contributed by atoms with E-state index in [0.29, 0.717) is 0 Å². The Kier molecular flexibility index (Phi) is 3.74. The Balaban J connectivity index is 2.03. The summed E-state index contributed by atoms with van der Waals surface area (Å²) in [7, 11) is 1.80. The van der Waals surface area contributed by atoms with E-state index in [0.717, 1.165) is 44.9 Å². The molecule has 0 aliphatic rings. The van der Waals surface area contributed by atoms with Crippen LogP contribution in [0.1, 0.15) is 26.6 Å². The first-order valence-corrected chi connectivity index (χ1v) is 9.41. The molecule has 0 unspecified atom stereocenters. The number of rotatable bonds is 3. The van der Waals surface area contributed by atoms with Crippen LogP contribution in [0.2, 0.25) is 0 Å². The lowest BCUT2D eigenvalue weighted by atomic mass is 9.98. The summed E-state index contributed by atoms with van der Waals surface area (Å²) >= 11 is 0. The standard InChI is InChI=1S/C25H26N3/c1-17-11-9-10-14-23(17)25-27(5)26-20(4)28(25)24-18(2)15-22(16-19(24)3)21-12-7-6-8-13-21/h6-16H,1-5H3/q+1/i4D3. The number of hydrogen-bond donors (Lipinski definition) is 0. The largest absolute Gasteiger partial charge is 0.279 e. The maximum atomic E-state index is 8.14. The van der Waals surface area contributed by atoms with Crippen molar-refractivity contribution >= 4 is 0 Å². The van der Waals surface area contributed by atoms with Crippen molar-refractivity contribution in [2.45, 2.75) is 27.6 Å². The van der Waals surface area contributed by atoms with Crippen LogP contribution in [0, 0.1) is 27.6 Å². The smallest absolute Gasteiger partial charge is 0.194 e. The predicted molar refractivity (Wildman–Crippen MR) is 115 cm³/mol. The third kappa shape index (κ3) is 3.03. The van der Waals surface area contributed by atoms with Gasteiger partial charge in [0.15, 0.2) is 0 Å². The van der Waals surface area contributed by atoms with Gasteiger partial charge in [0.25, 0.3) is 11.6 Å². The van der Waals surface area contributed by atoms with Crippen LogP contribution in [0.4, 0.5) is 0 Å². The van der Waals surface area contributed by atoms with Crippen molar-refractivity contribution in [3.05, 3.63) is 89.2 Å². The molecule has 0 radical (unpaired) electrons. The van der Waals surface area contributed by atoms with Gasteiger partial charge in [-0.05, 0) is 66.8 Å². The van der Waals surface area contributed by atoms with Gasteiger partial charge in [0.2, 0.25) is 0 Å². The normalized spacial score (nSPS) is 13.1. The molecule has 0 saturated heterocycles. The quantitative estimate of drug-likeness (QED) is 0.450. The Morgan fingerprint density at radius 3 is 2.11 bits per heavy atom. The Bertz CT molecular complexity index is 1230. The molecule has 3 heteroatoms. The van der Waals surface area contributed by atoms with Crippen molar-refractivity contribution in [3.63, 3.8) is 0 Å². The molecule has 0 N–H and O–H groups in total. The van der Waals surface area contributed by atoms with Crippen molar-refractivity contribution in [1.82, 2.24) is 9.78 Å². The molecule has 1 aromatic heterocycles.